The largest absolute Gasteiger partial charge is 0.460 e. The molecule has 1 unspecified atom stereocenters. The Labute approximate surface area is 410 Å². The molecule has 388 valence electrons. The first kappa shape index (κ1) is 56.5. The van der Waals surface area contributed by atoms with Crippen LogP contribution in [0, 0.1) is 41.4 Å². The molecule has 1 saturated carbocycles. The van der Waals surface area contributed by atoms with Crippen LogP contribution in [0.4, 0.5) is 0 Å². The molecule has 1 amide bonds. The minimum atomic E-state index is -2.45. The highest BCUT2D eigenvalue weighted by molar-refractivity contribution is 6.39. The van der Waals surface area contributed by atoms with Crippen molar-refractivity contribution < 1.29 is 67.7 Å². The number of nitrogens with zero attached hydrogens (tertiary/aromatic N) is 1. The van der Waals surface area contributed by atoms with Crippen molar-refractivity contribution in [2.75, 3.05) is 40.6 Å². The summed E-state index contributed by atoms with van der Waals surface area (Å²) in [6.07, 6.45) is 11.2. The quantitative estimate of drug-likeness (QED) is 0.141. The molecule has 0 aromatic carbocycles. The molecule has 0 spiro atoms. The van der Waals surface area contributed by atoms with Gasteiger partial charge in [-0.1, -0.05) is 71.1 Å². The number of methoxy groups -OCH3 is 2. The van der Waals surface area contributed by atoms with E-state index in [2.05, 4.69) is 0 Å². The molecule has 2 bridgehead atoms. The van der Waals surface area contributed by atoms with Crippen molar-refractivity contribution in [3.8, 4) is 0 Å². The summed E-state index contributed by atoms with van der Waals surface area (Å²) in [5.74, 6) is -7.78. The first-order chi connectivity index (χ1) is 32.8. The number of hydrogen-bond donors (Lipinski definition) is 3. The summed E-state index contributed by atoms with van der Waals surface area (Å²) in [6, 6.07) is -1.15. The van der Waals surface area contributed by atoms with Crippen molar-refractivity contribution in [3.05, 3.63) is 47.6 Å². The van der Waals surface area contributed by atoms with Gasteiger partial charge in [0.1, 0.15) is 30.1 Å². The van der Waals surface area contributed by atoms with Crippen LogP contribution >= 0.6 is 0 Å². The maximum atomic E-state index is 14.5. The lowest BCUT2D eigenvalue weighted by atomic mass is 9.78. The average molecular weight is 970 g/mol. The molecule has 0 aromatic rings. The number of aliphatic hydroxyl groups is 3. The Balaban J connectivity index is 1.47. The van der Waals surface area contributed by atoms with E-state index in [0.717, 1.165) is 12.0 Å². The molecule has 0 aromatic heterocycles. The van der Waals surface area contributed by atoms with Crippen LogP contribution in [0.2, 0.25) is 0 Å². The number of ketones is 3. The zero-order valence-electron chi connectivity index (χ0n) is 42.7. The van der Waals surface area contributed by atoms with Crippen LogP contribution in [0.15, 0.2) is 47.6 Å². The fourth-order valence-corrected chi connectivity index (χ4v) is 10.7. The van der Waals surface area contributed by atoms with Crippen LogP contribution in [0.1, 0.15) is 126 Å². The van der Waals surface area contributed by atoms with E-state index in [9.17, 15) is 39.3 Å². The molecule has 4 fully saturated rings. The summed E-state index contributed by atoms with van der Waals surface area (Å²) < 4.78 is 35.5. The van der Waals surface area contributed by atoms with Gasteiger partial charge in [0.15, 0.2) is 5.78 Å². The van der Waals surface area contributed by atoms with Gasteiger partial charge in [0.25, 0.3) is 11.7 Å². The summed E-state index contributed by atoms with van der Waals surface area (Å²) in [6.45, 7) is 14.5. The van der Waals surface area contributed by atoms with Crippen LogP contribution in [0.5, 0.6) is 0 Å². The third kappa shape index (κ3) is 15.1. The molecular formula is C54H83NO14. The molecule has 15 nitrogen and oxygen atoms in total. The number of carbonyl (C=O) groups is 5. The van der Waals surface area contributed by atoms with Gasteiger partial charge in [-0.15, -0.1) is 0 Å². The van der Waals surface area contributed by atoms with Gasteiger partial charge >= 0.3 is 5.97 Å². The van der Waals surface area contributed by atoms with Gasteiger partial charge in [0.05, 0.1) is 44.2 Å². The minimum Gasteiger partial charge on any atom is -0.460 e. The molecule has 5 aliphatic rings. The Bertz CT molecular complexity index is 1870. The SMILES string of the molecule is CO[C@@H]1C[C@H](C[C@@H](C)[C@@H]2CC(=O)[C@H](C)/C=C(\C)[C@@H](O)[C@@H](OC)C(=O)[C@H](C)C[C@H](C)/C=C/C=C/C=C(\C)C(OCC3COC3)C[C@@H]3CC[C@@H](C)[C@@](O)(O3)C(=O)C(=O)N3CCCC[C@H]3C(=O)O2)CC[C@H]1O. The summed E-state index contributed by atoms with van der Waals surface area (Å²) in [7, 11) is 2.95. The number of hydrogen-bond acceptors (Lipinski definition) is 14. The Morgan fingerprint density at radius 2 is 1.59 bits per heavy atom. The average Bonchev–Trinajstić information content (AvgIpc) is 3.31. The van der Waals surface area contributed by atoms with E-state index >= 15 is 0 Å². The van der Waals surface area contributed by atoms with Gasteiger partial charge in [0, 0.05) is 57.3 Å². The normalized spacial score (nSPS) is 40.0. The van der Waals surface area contributed by atoms with Gasteiger partial charge in [-0.25, -0.2) is 4.79 Å². The van der Waals surface area contributed by atoms with E-state index in [1.54, 1.807) is 34.0 Å². The molecule has 3 saturated heterocycles. The number of aliphatic hydroxyl groups excluding tert-OH is 2. The number of carbonyl (C=O) groups excluding carboxylic acids is 5. The molecule has 3 N–H and O–H groups in total. The number of fused-ring (bicyclic) bond motifs is 3. The fraction of sp³-hybridized carbons (Fsp3) is 0.759. The van der Waals surface area contributed by atoms with Crippen LogP contribution in [0.25, 0.3) is 0 Å². The van der Waals surface area contributed by atoms with Gasteiger partial charge < -0.3 is 48.6 Å². The first-order valence-corrected chi connectivity index (χ1v) is 25.6. The molecular weight excluding hydrogens is 887 g/mol. The highest BCUT2D eigenvalue weighted by Crippen LogP contribution is 2.38. The Morgan fingerprint density at radius 3 is 2.28 bits per heavy atom. The molecule has 15 heteroatoms. The predicted molar refractivity (Wildman–Crippen MR) is 258 cm³/mol. The number of cyclic esters (lactones) is 1. The number of amides is 1. The Hall–Kier alpha value is -3.41. The van der Waals surface area contributed by atoms with Crippen LogP contribution in [-0.2, 0) is 52.4 Å². The molecule has 0 radical (unpaired) electrons. The highest BCUT2D eigenvalue weighted by Gasteiger charge is 2.53. The van der Waals surface area contributed by atoms with E-state index in [1.165, 1.54) is 12.0 Å². The minimum absolute atomic E-state index is 0.00918. The molecule has 1 aliphatic carbocycles. The van der Waals surface area contributed by atoms with Crippen LogP contribution in [0.3, 0.4) is 0 Å². The third-order valence-corrected chi connectivity index (χ3v) is 15.4. The van der Waals surface area contributed by atoms with Crippen molar-refractivity contribution in [3.63, 3.8) is 0 Å². The molecule has 4 heterocycles. The monoisotopic (exact) mass is 970 g/mol. The summed E-state index contributed by atoms with van der Waals surface area (Å²) in [5.41, 5.74) is 1.28. The van der Waals surface area contributed by atoms with Gasteiger partial charge in [-0.05, 0) is 107 Å². The second kappa shape index (κ2) is 26.3. The fourth-order valence-electron chi connectivity index (χ4n) is 10.7. The second-order valence-electron chi connectivity index (χ2n) is 21.1. The summed E-state index contributed by atoms with van der Waals surface area (Å²) >= 11 is 0. The van der Waals surface area contributed by atoms with Gasteiger partial charge in [0.2, 0.25) is 5.79 Å². The number of piperidine rings is 1. The van der Waals surface area contributed by atoms with Crippen molar-refractivity contribution in [1.29, 1.82) is 0 Å². The van der Waals surface area contributed by atoms with E-state index in [0.29, 0.717) is 83.2 Å². The van der Waals surface area contributed by atoms with Gasteiger partial charge in [-0.2, -0.15) is 0 Å². The number of allylic oxidation sites excluding steroid dienone is 6. The first-order valence-electron chi connectivity index (χ1n) is 25.6. The van der Waals surface area contributed by atoms with Crippen molar-refractivity contribution in [1.82, 2.24) is 4.90 Å². The molecule has 4 aliphatic heterocycles. The summed E-state index contributed by atoms with van der Waals surface area (Å²) in [5, 5.41) is 34.1. The molecule has 5 rings (SSSR count). The van der Waals surface area contributed by atoms with E-state index < -0.39 is 83.9 Å². The number of rotatable bonds is 8. The standard InChI is InChI=1S/C54H83NO14/c1-32-15-11-10-12-16-33(2)45(67-31-40-29-66-30-40)27-41-20-18-38(7)54(63,69-41)51(60)52(61)55-22-14-13-17-42(55)53(62)68-46(35(4)25-39-19-21-43(56)47(26-39)64-8)28-44(57)34(3)24-37(6)49(59)50(65-9)48(58)36(5)23-32/h10-12,15-16,24,32,34-36,38-43,45-47,49-50,56,59,63H,13-14,17-23,25-31H2,1-9H3/b12-10+,15-11+,33-16+,37-24+/t32-,34-,35-,36-,38-,39+,41+,42+,43-,45?,46+,47-,49-,50+,54-/m1/s1. The Morgan fingerprint density at radius 1 is 0.855 bits per heavy atom. The van der Waals surface area contributed by atoms with Crippen molar-refractivity contribution in [2.45, 2.75) is 180 Å². The summed E-state index contributed by atoms with van der Waals surface area (Å²) in [4.78, 5) is 72.3. The number of ether oxygens (including phenoxy) is 6. The zero-order valence-corrected chi connectivity index (χ0v) is 42.7. The number of Topliss-reactive ketones (excluding diaryl/α,β-unsaturated/α-hetero) is 3. The lowest BCUT2D eigenvalue weighted by molar-refractivity contribution is -0.266. The maximum Gasteiger partial charge on any atom is 0.329 e. The second-order valence-corrected chi connectivity index (χ2v) is 21.1. The molecule has 15 atom stereocenters. The smallest absolute Gasteiger partial charge is 0.329 e. The molecule has 69 heavy (non-hydrogen) atoms. The third-order valence-electron chi connectivity index (χ3n) is 15.4. The maximum absolute atomic E-state index is 14.5. The Kier molecular flexibility index (Phi) is 21.6. The highest BCUT2D eigenvalue weighted by atomic mass is 16.6. The topological polar surface area (TPSA) is 205 Å². The van der Waals surface area contributed by atoms with E-state index in [-0.39, 0.29) is 60.7 Å². The van der Waals surface area contributed by atoms with E-state index in [4.69, 9.17) is 28.4 Å². The zero-order chi connectivity index (χ0) is 50.6. The predicted octanol–water partition coefficient (Wildman–Crippen LogP) is 6.20. The van der Waals surface area contributed by atoms with Crippen LogP contribution < -0.4 is 0 Å². The van der Waals surface area contributed by atoms with Crippen molar-refractivity contribution >= 4 is 29.2 Å². The van der Waals surface area contributed by atoms with E-state index in [1.807, 2.05) is 58.1 Å². The lowest BCUT2D eigenvalue weighted by Gasteiger charge is -2.43. The lowest BCUT2D eigenvalue weighted by Crippen LogP contribution is -2.61. The van der Waals surface area contributed by atoms with Crippen molar-refractivity contribution in [2.24, 2.45) is 41.4 Å². The number of esters is 1. The van der Waals surface area contributed by atoms with Gasteiger partial charge in [-0.3, -0.25) is 19.2 Å². The van der Waals surface area contributed by atoms with Crippen LogP contribution in [-0.4, -0.2) is 145 Å².